The van der Waals surface area contributed by atoms with Gasteiger partial charge in [0.05, 0.1) is 11.0 Å². The molecule has 0 aromatic heterocycles. The molecule has 1 aromatic carbocycles. The first-order valence-electron chi connectivity index (χ1n) is 7.30. The number of ether oxygens (including phenoxy) is 1. The van der Waals surface area contributed by atoms with Gasteiger partial charge in [-0.05, 0) is 19.8 Å². The Morgan fingerprint density at radius 3 is 2.86 bits per heavy atom. The van der Waals surface area contributed by atoms with E-state index in [0.29, 0.717) is 6.54 Å². The van der Waals surface area contributed by atoms with E-state index in [1.165, 1.54) is 0 Å². The Morgan fingerprint density at radius 2 is 2.24 bits per heavy atom. The van der Waals surface area contributed by atoms with Gasteiger partial charge in [0, 0.05) is 43.9 Å². The number of piperidine rings is 1. The molecule has 1 aliphatic rings. The van der Waals surface area contributed by atoms with Crippen LogP contribution in [0.2, 0.25) is 0 Å². The van der Waals surface area contributed by atoms with Crippen LogP contribution in [0.4, 0.5) is 5.69 Å². The molecule has 6 heteroatoms. The monoisotopic (exact) mass is 293 g/mol. The van der Waals surface area contributed by atoms with Crippen molar-refractivity contribution in [2.75, 3.05) is 20.2 Å². The smallest absolute Gasteiger partial charge is 0.274 e. The van der Waals surface area contributed by atoms with Crippen LogP contribution in [0, 0.1) is 10.1 Å². The number of nitrogens with two attached hydrogens (primary N) is 1. The highest BCUT2D eigenvalue weighted by Gasteiger charge is 2.33. The van der Waals surface area contributed by atoms with Gasteiger partial charge in [0.25, 0.3) is 5.69 Å². The van der Waals surface area contributed by atoms with Gasteiger partial charge in [-0.3, -0.25) is 15.0 Å². The number of hydrogen-bond acceptors (Lipinski definition) is 5. The second-order valence-electron chi connectivity index (χ2n) is 5.50. The van der Waals surface area contributed by atoms with Gasteiger partial charge in [-0.2, -0.15) is 0 Å². The summed E-state index contributed by atoms with van der Waals surface area (Å²) in [7, 11) is 1.72. The molecule has 0 radical (unpaired) electrons. The predicted molar refractivity (Wildman–Crippen MR) is 81.1 cm³/mol. The first kappa shape index (κ1) is 15.9. The van der Waals surface area contributed by atoms with Crippen LogP contribution in [0.3, 0.4) is 0 Å². The molecular weight excluding hydrogens is 270 g/mol. The first-order valence-corrected chi connectivity index (χ1v) is 7.30. The highest BCUT2D eigenvalue weighted by Crippen LogP contribution is 2.33. The fourth-order valence-corrected chi connectivity index (χ4v) is 3.17. The van der Waals surface area contributed by atoms with Crippen LogP contribution in [0.5, 0.6) is 0 Å². The molecule has 2 rings (SSSR count). The molecule has 3 atom stereocenters. The van der Waals surface area contributed by atoms with Crippen LogP contribution < -0.4 is 5.73 Å². The lowest BCUT2D eigenvalue weighted by Crippen LogP contribution is -2.49. The Balaban J connectivity index is 2.23. The van der Waals surface area contributed by atoms with Crippen molar-refractivity contribution in [2.24, 2.45) is 5.73 Å². The third-order valence-corrected chi connectivity index (χ3v) is 4.40. The van der Waals surface area contributed by atoms with E-state index in [1.54, 1.807) is 19.2 Å². The van der Waals surface area contributed by atoms with E-state index in [1.807, 2.05) is 19.1 Å². The van der Waals surface area contributed by atoms with Crippen molar-refractivity contribution in [2.45, 2.75) is 38.0 Å². The third-order valence-electron chi connectivity index (χ3n) is 4.40. The Hall–Kier alpha value is -1.50. The maximum Gasteiger partial charge on any atom is 0.274 e. The summed E-state index contributed by atoms with van der Waals surface area (Å²) in [5, 5.41) is 11.2. The summed E-state index contributed by atoms with van der Waals surface area (Å²) in [4.78, 5) is 13.1. The van der Waals surface area contributed by atoms with Crippen LogP contribution in [-0.2, 0) is 4.74 Å². The van der Waals surface area contributed by atoms with E-state index >= 15 is 0 Å². The minimum Gasteiger partial charge on any atom is -0.381 e. The number of benzene rings is 1. The van der Waals surface area contributed by atoms with Crippen molar-refractivity contribution in [3.63, 3.8) is 0 Å². The van der Waals surface area contributed by atoms with Gasteiger partial charge < -0.3 is 10.5 Å². The van der Waals surface area contributed by atoms with Gasteiger partial charge in [-0.25, -0.2) is 0 Å². The van der Waals surface area contributed by atoms with Crippen LogP contribution in [0.15, 0.2) is 24.3 Å². The second-order valence-corrected chi connectivity index (χ2v) is 5.50. The standard InChI is InChI=1S/C15H23N3O3/c1-11(14-5-3-4-6-15(14)18(19)20)17-8-7-13(21-2)9-12(17)10-16/h3-6,11-13H,7-10,16H2,1-2H3. The number of methoxy groups -OCH3 is 1. The lowest BCUT2D eigenvalue weighted by atomic mass is 9.94. The largest absolute Gasteiger partial charge is 0.381 e. The van der Waals surface area contributed by atoms with E-state index in [9.17, 15) is 10.1 Å². The molecule has 1 saturated heterocycles. The molecule has 21 heavy (non-hydrogen) atoms. The minimum absolute atomic E-state index is 0.0297. The third kappa shape index (κ3) is 3.40. The lowest BCUT2D eigenvalue weighted by Gasteiger charge is -2.42. The molecule has 0 bridgehead atoms. The van der Waals surface area contributed by atoms with Crippen LogP contribution in [0.25, 0.3) is 0 Å². The lowest BCUT2D eigenvalue weighted by molar-refractivity contribution is -0.386. The molecule has 1 aliphatic heterocycles. The summed E-state index contributed by atoms with van der Waals surface area (Å²) < 4.78 is 5.43. The molecule has 6 nitrogen and oxygen atoms in total. The zero-order valence-electron chi connectivity index (χ0n) is 12.6. The van der Waals surface area contributed by atoms with Crippen LogP contribution in [-0.4, -0.2) is 42.2 Å². The van der Waals surface area contributed by atoms with Gasteiger partial charge in [0.1, 0.15) is 0 Å². The van der Waals surface area contributed by atoms with Crippen molar-refractivity contribution in [1.29, 1.82) is 0 Å². The van der Waals surface area contributed by atoms with Gasteiger partial charge in [-0.1, -0.05) is 18.2 Å². The topological polar surface area (TPSA) is 81.6 Å². The zero-order chi connectivity index (χ0) is 15.4. The Kier molecular flexibility index (Phi) is 5.27. The fourth-order valence-electron chi connectivity index (χ4n) is 3.17. The quantitative estimate of drug-likeness (QED) is 0.664. The molecular formula is C15H23N3O3. The van der Waals surface area contributed by atoms with Crippen LogP contribution in [0.1, 0.15) is 31.4 Å². The summed E-state index contributed by atoms with van der Waals surface area (Å²) in [5.41, 5.74) is 6.82. The molecule has 1 aromatic rings. The molecule has 0 amide bonds. The number of nitro groups is 1. The van der Waals surface area contributed by atoms with E-state index < -0.39 is 0 Å². The molecule has 2 N–H and O–H groups in total. The average Bonchev–Trinajstić information content (AvgIpc) is 2.53. The van der Waals surface area contributed by atoms with E-state index in [-0.39, 0.29) is 28.8 Å². The molecule has 1 heterocycles. The second kappa shape index (κ2) is 6.98. The average molecular weight is 293 g/mol. The number of likely N-dealkylation sites (tertiary alicyclic amines) is 1. The maximum atomic E-state index is 11.2. The zero-order valence-corrected chi connectivity index (χ0v) is 12.6. The molecule has 0 aliphatic carbocycles. The fraction of sp³-hybridized carbons (Fsp3) is 0.600. The maximum absolute atomic E-state index is 11.2. The van der Waals surface area contributed by atoms with Crippen molar-refractivity contribution in [3.05, 3.63) is 39.9 Å². The molecule has 0 saturated carbocycles. The van der Waals surface area contributed by atoms with E-state index in [2.05, 4.69) is 4.90 Å². The molecule has 116 valence electrons. The van der Waals surface area contributed by atoms with Crippen molar-refractivity contribution < 1.29 is 9.66 Å². The van der Waals surface area contributed by atoms with Gasteiger partial charge in [0.2, 0.25) is 0 Å². The number of para-hydroxylation sites is 1. The first-order chi connectivity index (χ1) is 10.1. The van der Waals surface area contributed by atoms with Crippen molar-refractivity contribution in [1.82, 2.24) is 4.90 Å². The number of nitrogens with zero attached hydrogens (tertiary/aromatic N) is 2. The molecule has 1 fully saturated rings. The van der Waals surface area contributed by atoms with E-state index in [4.69, 9.17) is 10.5 Å². The Bertz CT molecular complexity index is 495. The van der Waals surface area contributed by atoms with Crippen LogP contribution >= 0.6 is 0 Å². The van der Waals surface area contributed by atoms with Crippen molar-refractivity contribution >= 4 is 5.69 Å². The summed E-state index contributed by atoms with van der Waals surface area (Å²) in [6.07, 6.45) is 2.03. The SMILES string of the molecule is COC1CCN(C(C)c2ccccc2[N+](=O)[O-])C(CN)C1. The minimum atomic E-state index is -0.314. The number of rotatable bonds is 5. The molecule has 0 spiro atoms. The summed E-state index contributed by atoms with van der Waals surface area (Å²) in [5.74, 6) is 0. The van der Waals surface area contributed by atoms with E-state index in [0.717, 1.165) is 24.9 Å². The van der Waals surface area contributed by atoms with Gasteiger partial charge in [0.15, 0.2) is 0 Å². The highest BCUT2D eigenvalue weighted by molar-refractivity contribution is 5.41. The number of nitro benzene ring substituents is 1. The Morgan fingerprint density at radius 1 is 1.52 bits per heavy atom. The highest BCUT2D eigenvalue weighted by atomic mass is 16.6. The summed E-state index contributed by atoms with van der Waals surface area (Å²) >= 11 is 0. The normalized spacial score (nSPS) is 24.7. The summed E-state index contributed by atoms with van der Waals surface area (Å²) in [6, 6.07) is 7.10. The van der Waals surface area contributed by atoms with Gasteiger partial charge >= 0.3 is 0 Å². The summed E-state index contributed by atoms with van der Waals surface area (Å²) in [6.45, 7) is 3.39. The van der Waals surface area contributed by atoms with Gasteiger partial charge in [-0.15, -0.1) is 0 Å². The number of hydrogen-bond donors (Lipinski definition) is 1. The molecule has 3 unspecified atom stereocenters. The van der Waals surface area contributed by atoms with Crippen molar-refractivity contribution in [3.8, 4) is 0 Å². The Labute approximate surface area is 125 Å². The predicted octanol–water partition coefficient (Wildman–Crippen LogP) is 2.09.